The zero-order valence-electron chi connectivity index (χ0n) is 17.9. The second-order valence-corrected chi connectivity index (χ2v) is 7.60. The quantitative estimate of drug-likeness (QED) is 0.261. The Balaban J connectivity index is 1.67. The minimum atomic E-state index is -4.97. The average molecular weight is 501 g/mol. The topological polar surface area (TPSA) is 121 Å². The number of nitrogens with zero attached hydrogens (tertiary/aromatic N) is 5. The third kappa shape index (κ3) is 5.11. The standard InChI is InChI=1S/C22H16ClF3N8O/c1-12-10-30-34(33-12)20-16(23)8-13(11-29-20)31-21(35)15(9-27)19(22(24,25)26)32-18-6-2-5-17-14(18)4-3-7-28-17/h2-11,27,32H,1H3,(H,31,35)/b19-15+,27-9?. The summed E-state index contributed by atoms with van der Waals surface area (Å²) in [6.07, 6.45) is -0.452. The summed E-state index contributed by atoms with van der Waals surface area (Å²) in [6.45, 7) is 1.72. The lowest BCUT2D eigenvalue weighted by molar-refractivity contribution is -0.114. The van der Waals surface area contributed by atoms with Crippen molar-refractivity contribution < 1.29 is 18.0 Å². The molecule has 0 atom stereocenters. The molecule has 0 saturated heterocycles. The molecule has 0 radical (unpaired) electrons. The van der Waals surface area contributed by atoms with Crippen molar-refractivity contribution in [1.82, 2.24) is 25.0 Å². The molecule has 3 N–H and O–H groups in total. The van der Waals surface area contributed by atoms with Crippen LogP contribution in [0.2, 0.25) is 5.02 Å². The van der Waals surface area contributed by atoms with Crippen LogP contribution in [-0.4, -0.2) is 43.3 Å². The zero-order valence-corrected chi connectivity index (χ0v) is 18.7. The van der Waals surface area contributed by atoms with E-state index < -0.39 is 23.4 Å². The lowest BCUT2D eigenvalue weighted by Crippen LogP contribution is -2.27. The van der Waals surface area contributed by atoms with E-state index in [1.165, 1.54) is 41.6 Å². The number of aryl methyl sites for hydroxylation is 1. The maximum absolute atomic E-state index is 14.0. The molecule has 1 aromatic carbocycles. The van der Waals surface area contributed by atoms with Gasteiger partial charge in [0.05, 0.1) is 39.9 Å². The van der Waals surface area contributed by atoms with Crippen molar-refractivity contribution in [2.24, 2.45) is 0 Å². The Morgan fingerprint density at radius 2 is 1.94 bits per heavy atom. The summed E-state index contributed by atoms with van der Waals surface area (Å²) < 4.78 is 41.9. The van der Waals surface area contributed by atoms with Gasteiger partial charge < -0.3 is 16.0 Å². The fourth-order valence-electron chi connectivity index (χ4n) is 3.18. The number of halogens is 4. The van der Waals surface area contributed by atoms with Crippen LogP contribution in [0.25, 0.3) is 16.7 Å². The molecule has 3 aromatic heterocycles. The van der Waals surface area contributed by atoms with Crippen molar-refractivity contribution in [3.63, 3.8) is 0 Å². The maximum Gasteiger partial charge on any atom is 0.432 e. The number of fused-ring (bicyclic) bond motifs is 1. The Morgan fingerprint density at radius 3 is 2.60 bits per heavy atom. The largest absolute Gasteiger partial charge is 0.432 e. The van der Waals surface area contributed by atoms with Crippen LogP contribution in [0.1, 0.15) is 5.69 Å². The van der Waals surface area contributed by atoms with Gasteiger partial charge in [-0.1, -0.05) is 17.7 Å². The van der Waals surface area contributed by atoms with E-state index in [0.717, 1.165) is 0 Å². The third-order valence-electron chi connectivity index (χ3n) is 4.72. The minimum absolute atomic E-state index is 0.0165. The summed E-state index contributed by atoms with van der Waals surface area (Å²) in [5.41, 5.74) is -1.18. The number of benzene rings is 1. The van der Waals surface area contributed by atoms with Gasteiger partial charge in [0, 0.05) is 23.5 Å². The van der Waals surface area contributed by atoms with Crippen molar-refractivity contribution in [1.29, 1.82) is 5.41 Å². The predicted molar refractivity (Wildman–Crippen MR) is 125 cm³/mol. The first-order chi connectivity index (χ1) is 16.7. The smallest absolute Gasteiger partial charge is 0.350 e. The van der Waals surface area contributed by atoms with E-state index in [1.54, 1.807) is 25.1 Å². The number of amides is 1. The average Bonchev–Trinajstić information content (AvgIpc) is 3.24. The van der Waals surface area contributed by atoms with E-state index >= 15 is 0 Å². The van der Waals surface area contributed by atoms with Crippen LogP contribution in [0, 0.1) is 12.3 Å². The number of allylic oxidation sites excluding steroid dienone is 1. The van der Waals surface area contributed by atoms with Crippen molar-refractivity contribution >= 4 is 46.0 Å². The van der Waals surface area contributed by atoms with Crippen LogP contribution < -0.4 is 10.6 Å². The molecule has 4 aromatic rings. The summed E-state index contributed by atoms with van der Waals surface area (Å²) in [5, 5.41) is 20.6. The van der Waals surface area contributed by atoms with Gasteiger partial charge in [0.1, 0.15) is 5.70 Å². The van der Waals surface area contributed by atoms with Crippen molar-refractivity contribution in [3.05, 3.63) is 77.0 Å². The van der Waals surface area contributed by atoms with Gasteiger partial charge in [-0.3, -0.25) is 9.78 Å². The fourth-order valence-corrected chi connectivity index (χ4v) is 3.42. The number of rotatable bonds is 6. The summed E-state index contributed by atoms with van der Waals surface area (Å²) in [4.78, 5) is 22.1. The van der Waals surface area contributed by atoms with Gasteiger partial charge in [-0.2, -0.15) is 23.4 Å². The summed E-state index contributed by atoms with van der Waals surface area (Å²) >= 11 is 6.20. The SMILES string of the molecule is Cc1cnn(-c2ncc(NC(=O)/C(C=N)=C(/Nc3cccc4ncccc34)C(F)(F)F)cc2Cl)n1. The Hall–Kier alpha value is -4.32. The van der Waals surface area contributed by atoms with Crippen LogP contribution in [0.4, 0.5) is 24.5 Å². The van der Waals surface area contributed by atoms with E-state index in [-0.39, 0.29) is 22.2 Å². The number of hydrogen-bond acceptors (Lipinski definition) is 7. The van der Waals surface area contributed by atoms with Gasteiger partial charge in [-0.25, -0.2) is 4.98 Å². The highest BCUT2D eigenvalue weighted by atomic mass is 35.5. The van der Waals surface area contributed by atoms with Gasteiger partial charge in [-0.05, 0) is 37.3 Å². The Kier molecular flexibility index (Phi) is 6.47. The maximum atomic E-state index is 14.0. The molecule has 35 heavy (non-hydrogen) atoms. The normalized spacial score (nSPS) is 12.3. The first-order valence-corrected chi connectivity index (χ1v) is 10.3. The molecule has 0 aliphatic heterocycles. The van der Waals surface area contributed by atoms with Gasteiger partial charge in [0.25, 0.3) is 5.91 Å². The van der Waals surface area contributed by atoms with Crippen molar-refractivity contribution in [2.45, 2.75) is 13.1 Å². The second-order valence-electron chi connectivity index (χ2n) is 7.19. The summed E-state index contributed by atoms with van der Waals surface area (Å²) in [7, 11) is 0. The highest BCUT2D eigenvalue weighted by molar-refractivity contribution is 6.32. The van der Waals surface area contributed by atoms with Gasteiger partial charge in [-0.15, -0.1) is 4.80 Å². The lowest BCUT2D eigenvalue weighted by Gasteiger charge is -2.18. The Morgan fingerprint density at radius 1 is 1.14 bits per heavy atom. The first kappa shape index (κ1) is 23.8. The Labute approximate surface area is 201 Å². The number of nitrogens with one attached hydrogen (secondary N) is 3. The van der Waals surface area contributed by atoms with Crippen LogP contribution in [0.5, 0.6) is 0 Å². The van der Waals surface area contributed by atoms with Gasteiger partial charge >= 0.3 is 6.18 Å². The van der Waals surface area contributed by atoms with Crippen molar-refractivity contribution in [3.8, 4) is 5.82 Å². The molecule has 0 fully saturated rings. The zero-order chi connectivity index (χ0) is 25.2. The van der Waals surface area contributed by atoms with E-state index in [9.17, 15) is 18.0 Å². The van der Waals surface area contributed by atoms with Gasteiger partial charge in [0.15, 0.2) is 5.82 Å². The number of pyridine rings is 2. The number of anilines is 2. The van der Waals surface area contributed by atoms with E-state index in [2.05, 4.69) is 30.8 Å². The van der Waals surface area contributed by atoms with Crippen LogP contribution in [0.15, 0.2) is 66.3 Å². The molecule has 4 rings (SSSR count). The number of alkyl halides is 3. The van der Waals surface area contributed by atoms with E-state index in [4.69, 9.17) is 17.0 Å². The molecule has 0 aliphatic carbocycles. The molecule has 178 valence electrons. The van der Waals surface area contributed by atoms with Crippen LogP contribution in [-0.2, 0) is 4.79 Å². The molecule has 13 heteroatoms. The first-order valence-electron chi connectivity index (χ1n) is 9.96. The van der Waals surface area contributed by atoms with E-state index in [1.807, 2.05) is 0 Å². The number of aromatic nitrogens is 5. The Bertz CT molecular complexity index is 1460. The van der Waals surface area contributed by atoms with Gasteiger partial charge in [0.2, 0.25) is 0 Å². The van der Waals surface area contributed by atoms with E-state index in [0.29, 0.717) is 22.8 Å². The molecule has 0 spiro atoms. The number of carbonyl (C=O) groups is 1. The number of hydrogen-bond donors (Lipinski definition) is 3. The highest BCUT2D eigenvalue weighted by Crippen LogP contribution is 2.32. The lowest BCUT2D eigenvalue weighted by atomic mass is 10.1. The molecule has 0 saturated carbocycles. The molecule has 0 unspecified atom stereocenters. The van der Waals surface area contributed by atoms with Crippen LogP contribution >= 0.6 is 11.6 Å². The number of carbonyl (C=O) groups excluding carboxylic acids is 1. The second kappa shape index (κ2) is 9.50. The van der Waals surface area contributed by atoms with Crippen LogP contribution in [0.3, 0.4) is 0 Å². The summed E-state index contributed by atoms with van der Waals surface area (Å²) in [6, 6.07) is 9.05. The summed E-state index contributed by atoms with van der Waals surface area (Å²) in [5.74, 6) is -1.01. The van der Waals surface area contributed by atoms with Crippen molar-refractivity contribution in [2.75, 3.05) is 10.6 Å². The molecule has 0 aliphatic rings. The monoisotopic (exact) mass is 500 g/mol. The third-order valence-corrected chi connectivity index (χ3v) is 5.00. The molecule has 3 heterocycles. The fraction of sp³-hybridized carbons (Fsp3) is 0.0909. The molecular formula is C22H16ClF3N8O. The molecule has 0 bridgehead atoms. The molecule has 9 nitrogen and oxygen atoms in total. The predicted octanol–water partition coefficient (Wildman–Crippen LogP) is 4.69. The highest BCUT2D eigenvalue weighted by Gasteiger charge is 2.38. The molecular weight excluding hydrogens is 485 g/mol. The minimum Gasteiger partial charge on any atom is -0.350 e. The molecule has 1 amide bonds.